The van der Waals surface area contributed by atoms with Crippen LogP contribution < -0.4 is 19.5 Å². The van der Waals surface area contributed by atoms with E-state index in [1.165, 1.54) is 6.33 Å². The predicted molar refractivity (Wildman–Crippen MR) is 136 cm³/mol. The maximum atomic E-state index is 6.47. The van der Waals surface area contributed by atoms with Crippen molar-refractivity contribution in [2.75, 3.05) is 19.5 Å². The Hall–Kier alpha value is -4.58. The number of benzene rings is 4. The molecule has 0 aliphatic carbocycles. The second kappa shape index (κ2) is 8.65. The second-order valence-corrected chi connectivity index (χ2v) is 8.28. The first-order chi connectivity index (χ1) is 17.3. The van der Waals surface area contributed by atoms with Crippen molar-refractivity contribution in [2.24, 2.45) is 0 Å². The summed E-state index contributed by atoms with van der Waals surface area (Å²) in [6, 6.07) is 28.5. The molecule has 2 heterocycles. The molecule has 0 spiro atoms. The zero-order valence-corrected chi connectivity index (χ0v) is 19.4. The number of hydrogen-bond acceptors (Lipinski definition) is 6. The van der Waals surface area contributed by atoms with Crippen LogP contribution in [0.3, 0.4) is 0 Å². The second-order valence-electron chi connectivity index (χ2n) is 8.28. The summed E-state index contributed by atoms with van der Waals surface area (Å²) in [5.41, 5.74) is 3.85. The van der Waals surface area contributed by atoms with Gasteiger partial charge in [-0.1, -0.05) is 66.7 Å². The van der Waals surface area contributed by atoms with Crippen molar-refractivity contribution >= 4 is 22.3 Å². The van der Waals surface area contributed by atoms with Gasteiger partial charge in [-0.05, 0) is 23.1 Å². The van der Waals surface area contributed by atoms with Crippen LogP contribution in [-0.2, 0) is 0 Å². The lowest BCUT2D eigenvalue weighted by Crippen LogP contribution is -2.16. The Morgan fingerprint density at radius 1 is 0.829 bits per heavy atom. The van der Waals surface area contributed by atoms with Gasteiger partial charge in [-0.3, -0.25) is 0 Å². The summed E-state index contributed by atoms with van der Waals surface area (Å²) in [7, 11) is 3.26. The predicted octanol–water partition coefficient (Wildman–Crippen LogP) is 6.68. The van der Waals surface area contributed by atoms with Crippen molar-refractivity contribution in [3.8, 4) is 23.1 Å². The molecule has 6 rings (SSSR count). The van der Waals surface area contributed by atoms with Crippen molar-refractivity contribution in [1.29, 1.82) is 0 Å². The fourth-order valence-corrected chi connectivity index (χ4v) is 4.69. The van der Waals surface area contributed by atoms with E-state index < -0.39 is 0 Å². The van der Waals surface area contributed by atoms with Gasteiger partial charge in [0.25, 0.3) is 0 Å². The first kappa shape index (κ1) is 21.0. The molecule has 1 aliphatic heterocycles. The third-order valence-electron chi connectivity index (χ3n) is 6.35. The van der Waals surface area contributed by atoms with Crippen molar-refractivity contribution in [1.82, 2.24) is 9.97 Å². The SMILES string of the molecule is COc1ccc(Nc2ncnc3c2C(c2ccccc2)c2ccc4ccccc4c2O3)c(OC)c1. The van der Waals surface area contributed by atoms with E-state index in [1.54, 1.807) is 14.2 Å². The number of nitrogens with one attached hydrogen (secondary N) is 1. The third-order valence-corrected chi connectivity index (χ3v) is 6.35. The Balaban J connectivity index is 1.55. The van der Waals surface area contributed by atoms with Crippen LogP contribution in [0.4, 0.5) is 11.5 Å². The van der Waals surface area contributed by atoms with Crippen LogP contribution in [-0.4, -0.2) is 24.2 Å². The van der Waals surface area contributed by atoms with Gasteiger partial charge >= 0.3 is 0 Å². The van der Waals surface area contributed by atoms with E-state index in [0.717, 1.165) is 38.9 Å². The maximum absolute atomic E-state index is 6.47. The molecule has 6 heteroatoms. The molecule has 0 amide bonds. The molecule has 172 valence electrons. The van der Waals surface area contributed by atoms with Crippen LogP contribution in [0.15, 0.2) is 91.3 Å². The minimum atomic E-state index is -0.118. The van der Waals surface area contributed by atoms with Gasteiger partial charge in [0.05, 0.1) is 25.5 Å². The monoisotopic (exact) mass is 461 g/mol. The van der Waals surface area contributed by atoms with Crippen molar-refractivity contribution in [2.45, 2.75) is 5.92 Å². The number of hydrogen-bond donors (Lipinski definition) is 1. The van der Waals surface area contributed by atoms with Crippen LogP contribution in [0.5, 0.6) is 23.1 Å². The molecule has 5 aromatic rings. The normalized spacial score (nSPS) is 13.9. The Kier molecular flexibility index (Phi) is 5.19. The first-order valence-electron chi connectivity index (χ1n) is 11.3. The zero-order chi connectivity index (χ0) is 23.8. The molecular formula is C29H23N3O3. The average molecular weight is 462 g/mol. The highest BCUT2D eigenvalue weighted by molar-refractivity contribution is 5.91. The van der Waals surface area contributed by atoms with E-state index in [2.05, 4.69) is 63.8 Å². The third kappa shape index (κ3) is 3.60. The molecule has 1 aromatic heterocycles. The number of anilines is 2. The minimum absolute atomic E-state index is 0.118. The van der Waals surface area contributed by atoms with Crippen LogP contribution in [0.2, 0.25) is 0 Å². The van der Waals surface area contributed by atoms with Gasteiger partial charge in [0, 0.05) is 22.9 Å². The fourth-order valence-electron chi connectivity index (χ4n) is 4.69. The lowest BCUT2D eigenvalue weighted by atomic mass is 9.82. The van der Waals surface area contributed by atoms with Gasteiger partial charge < -0.3 is 19.5 Å². The number of ether oxygens (including phenoxy) is 3. The first-order valence-corrected chi connectivity index (χ1v) is 11.3. The van der Waals surface area contributed by atoms with E-state index in [0.29, 0.717) is 23.2 Å². The summed E-state index contributed by atoms with van der Waals surface area (Å²) in [5, 5.41) is 5.64. The quantitative estimate of drug-likeness (QED) is 0.309. The topological polar surface area (TPSA) is 65.5 Å². The lowest BCUT2D eigenvalue weighted by Gasteiger charge is -2.30. The molecule has 0 fully saturated rings. The molecule has 0 bridgehead atoms. The summed E-state index contributed by atoms with van der Waals surface area (Å²) in [6.45, 7) is 0. The van der Waals surface area contributed by atoms with Gasteiger partial charge in [0.2, 0.25) is 5.88 Å². The number of aromatic nitrogens is 2. The average Bonchev–Trinajstić information content (AvgIpc) is 2.92. The van der Waals surface area contributed by atoms with Gasteiger partial charge in [0.15, 0.2) is 0 Å². The molecule has 1 atom stereocenters. The van der Waals surface area contributed by atoms with Crippen LogP contribution in [0, 0.1) is 0 Å². The summed E-state index contributed by atoms with van der Waals surface area (Å²) in [4.78, 5) is 9.18. The largest absolute Gasteiger partial charge is 0.497 e. The van der Waals surface area contributed by atoms with Crippen LogP contribution >= 0.6 is 0 Å². The van der Waals surface area contributed by atoms with Gasteiger partial charge in [0.1, 0.15) is 29.4 Å². The molecule has 0 radical (unpaired) electrons. The molecule has 1 N–H and O–H groups in total. The minimum Gasteiger partial charge on any atom is -0.497 e. The van der Waals surface area contributed by atoms with E-state index in [9.17, 15) is 0 Å². The fraction of sp³-hybridized carbons (Fsp3) is 0.103. The lowest BCUT2D eigenvalue weighted by molar-refractivity contribution is 0.395. The Bertz CT molecular complexity index is 1540. The van der Waals surface area contributed by atoms with E-state index in [1.807, 2.05) is 36.4 Å². The molecule has 4 aromatic carbocycles. The standard InChI is InChI=1S/C29H23N3O3/c1-33-20-13-15-23(24(16-20)34-2)32-28-26-25(19-9-4-3-5-10-19)22-14-12-18-8-6-7-11-21(18)27(22)35-29(26)31-17-30-28/h3-17,25H,1-2H3,(H,30,31,32). The molecular weight excluding hydrogens is 438 g/mol. The van der Waals surface area contributed by atoms with Crippen molar-refractivity contribution in [3.05, 3.63) is 108 Å². The van der Waals surface area contributed by atoms with E-state index in [4.69, 9.17) is 14.2 Å². The summed E-state index contributed by atoms with van der Waals surface area (Å²) < 4.78 is 17.4. The molecule has 0 saturated heterocycles. The van der Waals surface area contributed by atoms with Crippen LogP contribution in [0.25, 0.3) is 10.8 Å². The highest BCUT2D eigenvalue weighted by atomic mass is 16.5. The Labute approximate surface area is 203 Å². The molecule has 6 nitrogen and oxygen atoms in total. The van der Waals surface area contributed by atoms with Gasteiger partial charge in [-0.2, -0.15) is 0 Å². The van der Waals surface area contributed by atoms with Crippen molar-refractivity contribution in [3.63, 3.8) is 0 Å². The summed E-state index contributed by atoms with van der Waals surface area (Å²) in [6.07, 6.45) is 1.52. The summed E-state index contributed by atoms with van der Waals surface area (Å²) in [5.74, 6) is 3.27. The number of rotatable bonds is 5. The smallest absolute Gasteiger partial charge is 0.228 e. The molecule has 1 unspecified atom stereocenters. The maximum Gasteiger partial charge on any atom is 0.228 e. The number of nitrogens with zero attached hydrogens (tertiary/aromatic N) is 2. The van der Waals surface area contributed by atoms with Crippen molar-refractivity contribution < 1.29 is 14.2 Å². The molecule has 0 saturated carbocycles. The number of methoxy groups -OCH3 is 2. The Morgan fingerprint density at radius 2 is 1.66 bits per heavy atom. The summed E-state index contributed by atoms with van der Waals surface area (Å²) >= 11 is 0. The zero-order valence-electron chi connectivity index (χ0n) is 19.4. The van der Waals surface area contributed by atoms with E-state index >= 15 is 0 Å². The highest BCUT2D eigenvalue weighted by Crippen LogP contribution is 2.51. The highest BCUT2D eigenvalue weighted by Gasteiger charge is 2.34. The van der Waals surface area contributed by atoms with Crippen LogP contribution in [0.1, 0.15) is 22.6 Å². The number of fused-ring (bicyclic) bond motifs is 4. The van der Waals surface area contributed by atoms with Gasteiger partial charge in [-0.25, -0.2) is 9.97 Å². The van der Waals surface area contributed by atoms with E-state index in [-0.39, 0.29) is 5.92 Å². The van der Waals surface area contributed by atoms with Gasteiger partial charge in [-0.15, -0.1) is 0 Å². The molecule has 35 heavy (non-hydrogen) atoms. The molecule has 1 aliphatic rings. The Morgan fingerprint density at radius 3 is 2.49 bits per heavy atom.